The van der Waals surface area contributed by atoms with Crippen LogP contribution in [0.3, 0.4) is 0 Å². The van der Waals surface area contributed by atoms with Crippen molar-refractivity contribution in [2.45, 2.75) is 0 Å². The molecule has 0 fully saturated rings. The number of benzene rings is 8. The molecule has 0 saturated heterocycles. The summed E-state index contributed by atoms with van der Waals surface area (Å²) in [7, 11) is 0. The normalized spacial score (nSPS) is 12.1. The molecule has 0 aliphatic rings. The van der Waals surface area contributed by atoms with Crippen molar-refractivity contribution in [1.29, 1.82) is 0 Å². The zero-order valence-electron chi connectivity index (χ0n) is 18.5. The highest BCUT2D eigenvalue weighted by Crippen LogP contribution is 2.42. The van der Waals surface area contributed by atoms with Crippen LogP contribution in [0, 0.1) is 0 Å². The Labute approximate surface area is 197 Å². The average Bonchev–Trinajstić information content (AvgIpc) is 2.89. The monoisotopic (exact) mass is 428 g/mol. The molecular weight excluding hydrogens is 408 g/mol. The zero-order chi connectivity index (χ0) is 22.2. The van der Waals surface area contributed by atoms with E-state index in [9.17, 15) is 0 Å². The summed E-state index contributed by atoms with van der Waals surface area (Å²) in [5.41, 5.74) is 2.61. The van der Waals surface area contributed by atoms with Crippen LogP contribution in [0.25, 0.3) is 75.8 Å². The minimum absolute atomic E-state index is 1.28. The van der Waals surface area contributed by atoms with Gasteiger partial charge in [-0.05, 0) is 106 Å². The number of fused-ring (bicyclic) bond motifs is 3. The van der Waals surface area contributed by atoms with Crippen molar-refractivity contribution in [2.24, 2.45) is 0 Å². The Bertz CT molecular complexity index is 2060. The topological polar surface area (TPSA) is 0 Å². The predicted molar refractivity (Wildman–Crippen MR) is 148 cm³/mol. The van der Waals surface area contributed by atoms with Crippen LogP contribution in [0.15, 0.2) is 121 Å². The SMILES string of the molecule is c1ccc2cc3cc4c(-c5cc6cccc7ccc8cccc5c8c76)cccc4cc3cc2c1. The molecule has 8 aromatic carbocycles. The first-order chi connectivity index (χ1) is 16.8. The Morgan fingerprint density at radius 1 is 0.265 bits per heavy atom. The van der Waals surface area contributed by atoms with E-state index in [0.717, 1.165) is 0 Å². The van der Waals surface area contributed by atoms with Gasteiger partial charge in [0.05, 0.1) is 0 Å². The molecule has 0 aromatic heterocycles. The average molecular weight is 429 g/mol. The van der Waals surface area contributed by atoms with Crippen LogP contribution >= 0.6 is 0 Å². The van der Waals surface area contributed by atoms with Crippen molar-refractivity contribution in [1.82, 2.24) is 0 Å². The molecule has 8 rings (SSSR count). The smallest absolute Gasteiger partial charge is 0.00206 e. The molecule has 0 heteroatoms. The molecule has 156 valence electrons. The zero-order valence-corrected chi connectivity index (χ0v) is 18.5. The van der Waals surface area contributed by atoms with Crippen molar-refractivity contribution < 1.29 is 0 Å². The fraction of sp³-hybridized carbons (Fsp3) is 0. The van der Waals surface area contributed by atoms with Crippen molar-refractivity contribution in [3.05, 3.63) is 121 Å². The number of hydrogen-bond donors (Lipinski definition) is 0. The second-order valence-electron chi connectivity index (χ2n) is 9.40. The molecule has 0 radical (unpaired) electrons. The summed E-state index contributed by atoms with van der Waals surface area (Å²) < 4.78 is 0. The van der Waals surface area contributed by atoms with Crippen LogP contribution in [0.1, 0.15) is 0 Å². The minimum atomic E-state index is 1.28. The lowest BCUT2D eigenvalue weighted by atomic mass is 9.87. The van der Waals surface area contributed by atoms with Gasteiger partial charge in [0.2, 0.25) is 0 Å². The number of rotatable bonds is 1. The molecule has 0 aliphatic carbocycles. The third-order valence-electron chi connectivity index (χ3n) is 7.50. The quantitative estimate of drug-likeness (QED) is 0.180. The van der Waals surface area contributed by atoms with E-state index in [-0.39, 0.29) is 0 Å². The summed E-state index contributed by atoms with van der Waals surface area (Å²) in [4.78, 5) is 0. The van der Waals surface area contributed by atoms with Crippen LogP contribution in [-0.4, -0.2) is 0 Å². The van der Waals surface area contributed by atoms with Gasteiger partial charge in [-0.2, -0.15) is 0 Å². The van der Waals surface area contributed by atoms with Crippen molar-refractivity contribution >= 4 is 64.6 Å². The van der Waals surface area contributed by atoms with Gasteiger partial charge >= 0.3 is 0 Å². The van der Waals surface area contributed by atoms with Gasteiger partial charge in [-0.1, -0.05) is 91.0 Å². The van der Waals surface area contributed by atoms with Crippen molar-refractivity contribution in [3.8, 4) is 11.1 Å². The highest BCUT2D eigenvalue weighted by Gasteiger charge is 2.14. The lowest BCUT2D eigenvalue weighted by molar-refractivity contribution is 1.72. The third-order valence-corrected chi connectivity index (χ3v) is 7.50. The van der Waals surface area contributed by atoms with Gasteiger partial charge in [0, 0.05) is 0 Å². The summed E-state index contributed by atoms with van der Waals surface area (Å²) in [5.74, 6) is 0. The molecule has 0 atom stereocenters. The Kier molecular flexibility index (Phi) is 3.48. The molecule has 0 N–H and O–H groups in total. The van der Waals surface area contributed by atoms with E-state index < -0.39 is 0 Å². The second-order valence-corrected chi connectivity index (χ2v) is 9.40. The summed E-state index contributed by atoms with van der Waals surface area (Å²) >= 11 is 0. The van der Waals surface area contributed by atoms with E-state index in [4.69, 9.17) is 0 Å². The Hall–Kier alpha value is -4.42. The van der Waals surface area contributed by atoms with Crippen molar-refractivity contribution in [2.75, 3.05) is 0 Å². The molecule has 0 heterocycles. The number of hydrogen-bond acceptors (Lipinski definition) is 0. The fourth-order valence-corrected chi connectivity index (χ4v) is 5.94. The maximum Gasteiger partial charge on any atom is -0.00206 e. The van der Waals surface area contributed by atoms with E-state index in [2.05, 4.69) is 121 Å². The second kappa shape index (κ2) is 6.56. The van der Waals surface area contributed by atoms with Gasteiger partial charge in [0.25, 0.3) is 0 Å². The summed E-state index contributed by atoms with van der Waals surface area (Å²) in [5, 5.41) is 15.7. The van der Waals surface area contributed by atoms with E-state index in [0.29, 0.717) is 0 Å². The van der Waals surface area contributed by atoms with Gasteiger partial charge in [0.15, 0.2) is 0 Å². The molecule has 34 heavy (non-hydrogen) atoms. The molecule has 0 amide bonds. The Morgan fingerprint density at radius 3 is 1.68 bits per heavy atom. The van der Waals surface area contributed by atoms with Gasteiger partial charge in [-0.15, -0.1) is 0 Å². The highest BCUT2D eigenvalue weighted by atomic mass is 14.2. The van der Waals surface area contributed by atoms with Crippen LogP contribution in [0.2, 0.25) is 0 Å². The lowest BCUT2D eigenvalue weighted by Crippen LogP contribution is -1.89. The van der Waals surface area contributed by atoms with Crippen LogP contribution in [0.4, 0.5) is 0 Å². The molecule has 0 nitrogen and oxygen atoms in total. The Morgan fingerprint density at radius 2 is 0.853 bits per heavy atom. The van der Waals surface area contributed by atoms with Gasteiger partial charge in [0.1, 0.15) is 0 Å². The molecule has 0 spiro atoms. The minimum Gasteiger partial charge on any atom is -0.0616 e. The van der Waals surface area contributed by atoms with Crippen LogP contribution in [-0.2, 0) is 0 Å². The van der Waals surface area contributed by atoms with Gasteiger partial charge in [-0.3, -0.25) is 0 Å². The largest absolute Gasteiger partial charge is 0.0616 e. The standard InChI is InChI=1S/C34H20/c1-2-7-24-17-28-20-31-25(18-27(28)16-23(24)6-1)10-5-12-29(31)32-19-26-11-3-8-21-14-15-22-9-4-13-30(32)34(22)33(21)26/h1-20H. The molecular formula is C34H20. The van der Waals surface area contributed by atoms with E-state index >= 15 is 0 Å². The van der Waals surface area contributed by atoms with Gasteiger partial charge in [-0.25, -0.2) is 0 Å². The first-order valence-electron chi connectivity index (χ1n) is 11.9. The molecule has 0 saturated carbocycles. The molecule has 8 aromatic rings. The third kappa shape index (κ3) is 2.43. The first kappa shape index (κ1) is 18.1. The summed E-state index contributed by atoms with van der Waals surface area (Å²) in [6, 6.07) is 45.0. The van der Waals surface area contributed by atoms with Crippen LogP contribution in [0.5, 0.6) is 0 Å². The fourth-order valence-electron chi connectivity index (χ4n) is 5.94. The molecule has 0 aliphatic heterocycles. The molecule has 0 bridgehead atoms. The maximum absolute atomic E-state index is 2.39. The maximum atomic E-state index is 2.39. The van der Waals surface area contributed by atoms with Crippen LogP contribution < -0.4 is 0 Å². The van der Waals surface area contributed by atoms with E-state index in [1.165, 1.54) is 75.8 Å². The van der Waals surface area contributed by atoms with Crippen molar-refractivity contribution in [3.63, 3.8) is 0 Å². The lowest BCUT2D eigenvalue weighted by Gasteiger charge is -2.16. The van der Waals surface area contributed by atoms with E-state index in [1.54, 1.807) is 0 Å². The summed E-state index contributed by atoms with van der Waals surface area (Å²) in [6.45, 7) is 0. The Balaban J connectivity index is 1.52. The predicted octanol–water partition coefficient (Wildman–Crippen LogP) is 9.71. The first-order valence-corrected chi connectivity index (χ1v) is 11.9. The summed E-state index contributed by atoms with van der Waals surface area (Å²) in [6.07, 6.45) is 0. The molecule has 0 unspecified atom stereocenters. The highest BCUT2D eigenvalue weighted by molar-refractivity contribution is 6.27. The van der Waals surface area contributed by atoms with Gasteiger partial charge < -0.3 is 0 Å². The van der Waals surface area contributed by atoms with E-state index in [1.807, 2.05) is 0 Å².